The van der Waals surface area contributed by atoms with Crippen LogP contribution in [-0.2, 0) is 4.79 Å². The summed E-state index contributed by atoms with van der Waals surface area (Å²) in [5, 5.41) is 36.3. The molecule has 3 aromatic carbocycles. The number of benzene rings is 3. The quantitative estimate of drug-likeness (QED) is 0.0135. The Balaban J connectivity index is 1.36. The average molecular weight is 862 g/mol. The zero-order chi connectivity index (χ0) is 44.6. The molecule has 0 aliphatic rings. The number of rotatable bonds is 26. The number of nitrogens with zero attached hydrogens (tertiary/aromatic N) is 3. The van der Waals surface area contributed by atoms with Gasteiger partial charge in [0.2, 0.25) is 0 Å². The number of nitrogens with one attached hydrogen (secondary N) is 3. The predicted molar refractivity (Wildman–Crippen MR) is 244 cm³/mol. The molecule has 0 aliphatic heterocycles. The van der Waals surface area contributed by atoms with Crippen molar-refractivity contribution in [3.8, 4) is 22.8 Å². The van der Waals surface area contributed by atoms with Crippen LogP contribution < -0.4 is 25.4 Å². The number of carbonyl (C=O) groups is 2. The van der Waals surface area contributed by atoms with Crippen LogP contribution in [0.3, 0.4) is 0 Å². The highest BCUT2D eigenvalue weighted by molar-refractivity contribution is 6.32. The SMILES string of the molecule is CCN(CC)CCCOc1ccc(C(=O)c2c(-c3ccc(OCC(=O)NCCC(CCNC(C)(C)/C(C)=N/O)CCNC(C)(C)/C(C)=N/O)cc3)oc3ccc(Cl)cc23)cc1. The van der Waals surface area contributed by atoms with Crippen LogP contribution in [0.2, 0.25) is 5.02 Å². The number of fused-ring (bicyclic) bond motifs is 1. The lowest BCUT2D eigenvalue weighted by Crippen LogP contribution is -2.47. The van der Waals surface area contributed by atoms with Gasteiger partial charge in [-0.25, -0.2) is 0 Å². The summed E-state index contributed by atoms with van der Waals surface area (Å²) >= 11 is 6.39. The van der Waals surface area contributed by atoms with Gasteiger partial charge in [0, 0.05) is 34.6 Å². The lowest BCUT2D eigenvalue weighted by molar-refractivity contribution is -0.123. The number of hydrogen-bond donors (Lipinski definition) is 5. The standard InChI is InChI=1S/C47H65ClN6O7/c1-9-54(10-2)28-11-29-59-38-17-12-35(13-18-38)44(56)43-40-30-37(48)16-21-41(40)61-45(43)36-14-19-39(20-15-36)60-31-42(55)49-25-22-34(23-26-50-46(5,6)32(3)52-57)24-27-51-47(7,8)33(4)53-58/h12-21,30,34,50-51,57-58H,9-11,22-29,31H2,1-8H3,(H,49,55)/b52-32+,53-33+. The number of oxime groups is 2. The van der Waals surface area contributed by atoms with Crippen LogP contribution in [0.1, 0.15) is 97.0 Å². The number of amides is 1. The van der Waals surface area contributed by atoms with Crippen LogP contribution in [0.25, 0.3) is 22.3 Å². The van der Waals surface area contributed by atoms with Gasteiger partial charge >= 0.3 is 0 Å². The molecule has 14 heteroatoms. The van der Waals surface area contributed by atoms with E-state index in [0.29, 0.717) is 87.6 Å². The van der Waals surface area contributed by atoms with Crippen molar-refractivity contribution in [3.05, 3.63) is 82.9 Å². The third-order valence-electron chi connectivity index (χ3n) is 11.5. The van der Waals surface area contributed by atoms with Crippen molar-refractivity contribution in [2.45, 2.75) is 92.2 Å². The second-order valence-electron chi connectivity index (χ2n) is 16.4. The summed E-state index contributed by atoms with van der Waals surface area (Å²) in [6.45, 7) is 21.0. The Morgan fingerprint density at radius 1 is 0.803 bits per heavy atom. The summed E-state index contributed by atoms with van der Waals surface area (Å²) in [6, 6.07) is 19.5. The Labute approximate surface area is 365 Å². The maximum Gasteiger partial charge on any atom is 0.257 e. The second-order valence-corrected chi connectivity index (χ2v) is 16.8. The fourth-order valence-electron chi connectivity index (χ4n) is 6.80. The van der Waals surface area contributed by atoms with Gasteiger partial charge in [-0.05, 0) is 166 Å². The first-order valence-electron chi connectivity index (χ1n) is 21.2. The maximum absolute atomic E-state index is 14.1. The largest absolute Gasteiger partial charge is 0.494 e. The van der Waals surface area contributed by atoms with Crippen molar-refractivity contribution in [1.29, 1.82) is 0 Å². The minimum atomic E-state index is -0.466. The summed E-state index contributed by atoms with van der Waals surface area (Å²) in [7, 11) is 0. The summed E-state index contributed by atoms with van der Waals surface area (Å²) in [4.78, 5) is 29.4. The van der Waals surface area contributed by atoms with Crippen molar-refractivity contribution in [2.24, 2.45) is 16.2 Å². The molecule has 0 saturated carbocycles. The molecule has 0 bridgehead atoms. The number of hydrogen-bond acceptors (Lipinski definition) is 12. The Kier molecular flexibility index (Phi) is 18.6. The first kappa shape index (κ1) is 48.7. The van der Waals surface area contributed by atoms with Gasteiger partial charge in [-0.1, -0.05) is 35.8 Å². The topological polar surface area (TPSA) is 170 Å². The normalized spacial score (nSPS) is 12.7. The van der Waals surface area contributed by atoms with E-state index >= 15 is 0 Å². The van der Waals surface area contributed by atoms with E-state index in [2.05, 4.69) is 45.0 Å². The Hall–Kier alpha value is -4.95. The molecule has 13 nitrogen and oxygen atoms in total. The van der Waals surface area contributed by atoms with Gasteiger partial charge in [0.1, 0.15) is 22.8 Å². The Morgan fingerprint density at radius 3 is 1.93 bits per heavy atom. The molecule has 0 aliphatic carbocycles. The van der Waals surface area contributed by atoms with Crippen LogP contribution in [0.5, 0.6) is 11.5 Å². The summed E-state index contributed by atoms with van der Waals surface area (Å²) < 4.78 is 18.1. The van der Waals surface area contributed by atoms with Gasteiger partial charge in [-0.2, -0.15) is 0 Å². The van der Waals surface area contributed by atoms with E-state index in [0.717, 1.165) is 45.3 Å². The molecule has 0 atom stereocenters. The Morgan fingerprint density at radius 2 is 1.36 bits per heavy atom. The minimum absolute atomic E-state index is 0.169. The maximum atomic E-state index is 14.1. The average Bonchev–Trinajstić information content (AvgIpc) is 3.63. The fourth-order valence-corrected chi connectivity index (χ4v) is 6.97. The van der Waals surface area contributed by atoms with Crippen LogP contribution in [-0.4, -0.2) is 102 Å². The molecule has 4 rings (SSSR count). The first-order chi connectivity index (χ1) is 29.1. The van der Waals surface area contributed by atoms with E-state index in [1.165, 1.54) is 0 Å². The molecule has 61 heavy (non-hydrogen) atoms. The van der Waals surface area contributed by atoms with E-state index in [1.807, 2.05) is 39.8 Å². The lowest BCUT2D eigenvalue weighted by atomic mass is 9.94. The highest BCUT2D eigenvalue weighted by Crippen LogP contribution is 2.37. The molecule has 0 spiro atoms. The van der Waals surface area contributed by atoms with E-state index in [4.69, 9.17) is 25.5 Å². The third-order valence-corrected chi connectivity index (χ3v) is 11.7. The molecule has 332 valence electrons. The van der Waals surface area contributed by atoms with E-state index in [-0.39, 0.29) is 24.2 Å². The van der Waals surface area contributed by atoms with Gasteiger partial charge in [0.25, 0.3) is 5.91 Å². The Bertz CT molecular complexity index is 2040. The molecular formula is C47H65ClN6O7. The number of ether oxygens (including phenoxy) is 2. The van der Waals surface area contributed by atoms with Crippen LogP contribution in [0.4, 0.5) is 0 Å². The summed E-state index contributed by atoms with van der Waals surface area (Å²) in [5.74, 6) is 1.40. The van der Waals surface area contributed by atoms with Gasteiger partial charge in [-0.15, -0.1) is 0 Å². The predicted octanol–water partition coefficient (Wildman–Crippen LogP) is 8.81. The minimum Gasteiger partial charge on any atom is -0.494 e. The highest BCUT2D eigenvalue weighted by atomic mass is 35.5. The molecule has 1 heterocycles. The molecule has 1 amide bonds. The third kappa shape index (κ3) is 14.3. The zero-order valence-electron chi connectivity index (χ0n) is 37.1. The monoisotopic (exact) mass is 860 g/mol. The molecule has 0 saturated heterocycles. The summed E-state index contributed by atoms with van der Waals surface area (Å²) in [5.41, 5.74) is 2.34. The van der Waals surface area contributed by atoms with Gasteiger partial charge < -0.3 is 45.2 Å². The van der Waals surface area contributed by atoms with Crippen molar-refractivity contribution in [1.82, 2.24) is 20.9 Å². The molecule has 0 unspecified atom stereocenters. The number of carbonyl (C=O) groups excluding carboxylic acids is 2. The highest BCUT2D eigenvalue weighted by Gasteiger charge is 2.26. The van der Waals surface area contributed by atoms with E-state index in [9.17, 15) is 20.0 Å². The molecule has 4 aromatic rings. The lowest BCUT2D eigenvalue weighted by Gasteiger charge is -2.28. The molecule has 1 aromatic heterocycles. The van der Waals surface area contributed by atoms with Crippen LogP contribution in [0.15, 0.2) is 81.5 Å². The fraction of sp³-hybridized carbons (Fsp3) is 0.489. The van der Waals surface area contributed by atoms with E-state index < -0.39 is 11.1 Å². The van der Waals surface area contributed by atoms with Crippen molar-refractivity contribution >= 4 is 45.7 Å². The van der Waals surface area contributed by atoms with Crippen molar-refractivity contribution < 1.29 is 33.9 Å². The van der Waals surface area contributed by atoms with Gasteiger partial charge in [-0.3, -0.25) is 9.59 Å². The second kappa shape index (κ2) is 23.3. The van der Waals surface area contributed by atoms with Crippen LogP contribution in [0, 0.1) is 5.92 Å². The van der Waals surface area contributed by atoms with Gasteiger partial charge in [0.05, 0.1) is 34.7 Å². The first-order valence-corrected chi connectivity index (χ1v) is 21.6. The van der Waals surface area contributed by atoms with Crippen molar-refractivity contribution in [3.63, 3.8) is 0 Å². The molecular weight excluding hydrogens is 796 g/mol. The number of furan rings is 1. The number of halogens is 1. The molecule has 0 radical (unpaired) electrons. The van der Waals surface area contributed by atoms with Crippen LogP contribution >= 0.6 is 11.6 Å². The smallest absolute Gasteiger partial charge is 0.257 e. The van der Waals surface area contributed by atoms with Gasteiger partial charge in [0.15, 0.2) is 12.4 Å². The number of ketones is 1. The molecule has 0 fully saturated rings. The van der Waals surface area contributed by atoms with Crippen molar-refractivity contribution in [2.75, 3.05) is 52.5 Å². The zero-order valence-corrected chi connectivity index (χ0v) is 37.8. The summed E-state index contributed by atoms with van der Waals surface area (Å²) in [6.07, 6.45) is 3.32. The van der Waals surface area contributed by atoms with E-state index in [1.54, 1.807) is 68.4 Å². The molecule has 5 N–H and O–H groups in total.